The molecule has 1 aliphatic heterocycles. The van der Waals surface area contributed by atoms with Crippen LogP contribution in [0.1, 0.15) is 22.3 Å². The van der Waals surface area contributed by atoms with Crippen molar-refractivity contribution in [3.63, 3.8) is 0 Å². The molecule has 0 unspecified atom stereocenters. The van der Waals surface area contributed by atoms with E-state index in [0.29, 0.717) is 5.02 Å². The molecule has 1 aromatic heterocycles. The molecule has 4 rings (SSSR count). The molecule has 0 bridgehead atoms. The second-order valence-electron chi connectivity index (χ2n) is 6.55. The van der Waals surface area contributed by atoms with E-state index in [1.54, 1.807) is 0 Å². The predicted molar refractivity (Wildman–Crippen MR) is 94.2 cm³/mol. The van der Waals surface area contributed by atoms with Gasteiger partial charge in [0.25, 0.3) is 5.91 Å². The Morgan fingerprint density at radius 1 is 1.33 bits per heavy atom. The third-order valence-corrected chi connectivity index (χ3v) is 5.26. The lowest BCUT2D eigenvalue weighted by Crippen LogP contribution is -2.48. The third kappa shape index (κ3) is 3.02. The Bertz CT molecular complexity index is 957. The molecule has 2 amide bonds. The van der Waals surface area contributed by atoms with Gasteiger partial charge in [0, 0.05) is 17.7 Å². The summed E-state index contributed by atoms with van der Waals surface area (Å²) in [4.78, 5) is 33.8. The number of rotatable bonds is 3. The average Bonchev–Trinajstić information content (AvgIpc) is 3.26. The molecule has 10 heteroatoms. The summed E-state index contributed by atoms with van der Waals surface area (Å²) in [5.74, 6) is -1.87. The first-order valence-electron chi connectivity index (χ1n) is 8.01. The first-order valence-corrected chi connectivity index (χ1v) is 8.76. The zero-order chi connectivity index (χ0) is 19.3. The van der Waals surface area contributed by atoms with E-state index in [4.69, 9.17) is 23.2 Å². The molecule has 27 heavy (non-hydrogen) atoms. The topological polar surface area (TPSA) is 75.2 Å². The van der Waals surface area contributed by atoms with Crippen molar-refractivity contribution in [1.82, 2.24) is 14.9 Å². The molecule has 2 heterocycles. The maximum Gasteiger partial charge on any atom is 0.254 e. The highest BCUT2D eigenvalue weighted by molar-refractivity contribution is 6.31. The van der Waals surface area contributed by atoms with E-state index in [9.17, 15) is 18.4 Å². The van der Waals surface area contributed by atoms with Crippen molar-refractivity contribution in [2.75, 3.05) is 18.4 Å². The van der Waals surface area contributed by atoms with Crippen LogP contribution in [0.4, 0.5) is 14.7 Å². The molecule has 1 fully saturated rings. The standard InChI is InChI=1S/C17H12Cl2F2N4O2/c18-8-4-22-16(23-5-8)24-12(26)6-25-7-17(3-11(17)20)13-9(15(25)27)1-2-10(19)14(13)21/h1-2,4-5,11H,3,6-7H2,(H,22,23,24,26)/t11-,17+/m0/s1. The Hall–Kier alpha value is -2.32. The summed E-state index contributed by atoms with van der Waals surface area (Å²) in [6, 6.07) is 2.62. The fourth-order valence-electron chi connectivity index (χ4n) is 3.40. The highest BCUT2D eigenvalue weighted by Crippen LogP contribution is 2.55. The fraction of sp³-hybridized carbons (Fsp3) is 0.294. The molecule has 0 radical (unpaired) electrons. The summed E-state index contributed by atoms with van der Waals surface area (Å²) < 4.78 is 28.7. The van der Waals surface area contributed by atoms with Gasteiger partial charge in [-0.25, -0.2) is 18.7 Å². The van der Waals surface area contributed by atoms with E-state index in [2.05, 4.69) is 15.3 Å². The number of hydrogen-bond donors (Lipinski definition) is 1. The van der Waals surface area contributed by atoms with Gasteiger partial charge < -0.3 is 4.90 Å². The van der Waals surface area contributed by atoms with Crippen LogP contribution in [0.3, 0.4) is 0 Å². The van der Waals surface area contributed by atoms with Crippen molar-refractivity contribution >= 4 is 41.0 Å². The molecule has 1 aromatic carbocycles. The van der Waals surface area contributed by atoms with Gasteiger partial charge in [-0.3, -0.25) is 14.9 Å². The van der Waals surface area contributed by atoms with Crippen molar-refractivity contribution in [2.24, 2.45) is 0 Å². The van der Waals surface area contributed by atoms with Crippen molar-refractivity contribution < 1.29 is 18.4 Å². The zero-order valence-electron chi connectivity index (χ0n) is 13.7. The Balaban J connectivity index is 1.58. The van der Waals surface area contributed by atoms with E-state index in [0.717, 1.165) is 0 Å². The van der Waals surface area contributed by atoms with Crippen LogP contribution in [-0.2, 0) is 10.2 Å². The van der Waals surface area contributed by atoms with Crippen molar-refractivity contribution in [2.45, 2.75) is 18.0 Å². The molecule has 140 valence electrons. The molecule has 1 aliphatic carbocycles. The molecule has 1 saturated carbocycles. The Labute approximate surface area is 162 Å². The lowest BCUT2D eigenvalue weighted by Gasteiger charge is -2.34. The fourth-order valence-corrected chi connectivity index (χ4v) is 3.66. The highest BCUT2D eigenvalue weighted by Gasteiger charge is 2.62. The minimum Gasteiger partial charge on any atom is -0.328 e. The largest absolute Gasteiger partial charge is 0.328 e. The van der Waals surface area contributed by atoms with E-state index in [1.807, 2.05) is 0 Å². The van der Waals surface area contributed by atoms with Gasteiger partial charge in [0.1, 0.15) is 18.5 Å². The van der Waals surface area contributed by atoms with Crippen LogP contribution in [0.5, 0.6) is 0 Å². The number of amides is 2. The van der Waals surface area contributed by atoms with Gasteiger partial charge in [-0.05, 0) is 18.6 Å². The Morgan fingerprint density at radius 2 is 2.00 bits per heavy atom. The van der Waals surface area contributed by atoms with Gasteiger partial charge in [0.05, 0.1) is 27.9 Å². The SMILES string of the molecule is O=C(CN1C[C@@]2(C[C@@H]2F)c2c(ccc(Cl)c2F)C1=O)Nc1ncc(Cl)cn1. The smallest absolute Gasteiger partial charge is 0.254 e. The van der Waals surface area contributed by atoms with Crippen molar-refractivity contribution in [1.29, 1.82) is 0 Å². The Morgan fingerprint density at radius 3 is 2.63 bits per heavy atom. The van der Waals surface area contributed by atoms with Crippen LogP contribution in [0, 0.1) is 5.82 Å². The minimum absolute atomic E-state index is 0.00481. The van der Waals surface area contributed by atoms with Crippen LogP contribution in [-0.4, -0.2) is 45.9 Å². The second-order valence-corrected chi connectivity index (χ2v) is 7.39. The quantitative estimate of drug-likeness (QED) is 0.840. The monoisotopic (exact) mass is 412 g/mol. The molecular weight excluding hydrogens is 401 g/mol. The number of carbonyl (C=O) groups is 2. The van der Waals surface area contributed by atoms with E-state index >= 15 is 0 Å². The highest BCUT2D eigenvalue weighted by atomic mass is 35.5. The van der Waals surface area contributed by atoms with Crippen LogP contribution < -0.4 is 5.32 Å². The van der Waals surface area contributed by atoms with Crippen LogP contribution in [0.2, 0.25) is 10.0 Å². The first kappa shape index (κ1) is 18.1. The van der Waals surface area contributed by atoms with Gasteiger partial charge in [-0.15, -0.1) is 0 Å². The van der Waals surface area contributed by atoms with Crippen LogP contribution in [0.15, 0.2) is 24.5 Å². The molecular formula is C17H12Cl2F2N4O2. The van der Waals surface area contributed by atoms with E-state index in [1.165, 1.54) is 29.4 Å². The van der Waals surface area contributed by atoms with Crippen LogP contribution >= 0.6 is 23.2 Å². The summed E-state index contributed by atoms with van der Waals surface area (Å²) in [5.41, 5.74) is -1.13. The molecule has 2 aromatic rings. The predicted octanol–water partition coefficient (Wildman–Crippen LogP) is 3.00. The number of benzene rings is 1. The van der Waals surface area contributed by atoms with Crippen molar-refractivity contribution in [3.8, 4) is 0 Å². The van der Waals surface area contributed by atoms with E-state index in [-0.39, 0.29) is 41.6 Å². The van der Waals surface area contributed by atoms with Gasteiger partial charge >= 0.3 is 0 Å². The van der Waals surface area contributed by atoms with Gasteiger partial charge in [0.15, 0.2) is 0 Å². The summed E-state index contributed by atoms with van der Waals surface area (Å²) in [6.07, 6.45) is 1.39. The summed E-state index contributed by atoms with van der Waals surface area (Å²) in [5, 5.41) is 2.58. The lowest BCUT2D eigenvalue weighted by molar-refractivity contribution is -0.117. The maximum absolute atomic E-state index is 14.5. The molecule has 2 atom stereocenters. The summed E-state index contributed by atoms with van der Waals surface area (Å²) in [6.45, 7) is -0.449. The molecule has 1 N–H and O–H groups in total. The minimum atomic E-state index is -1.30. The van der Waals surface area contributed by atoms with Gasteiger partial charge in [-0.2, -0.15) is 0 Å². The van der Waals surface area contributed by atoms with Crippen LogP contribution in [0.25, 0.3) is 0 Å². The van der Waals surface area contributed by atoms with Crippen molar-refractivity contribution in [3.05, 3.63) is 51.5 Å². The molecule has 6 nitrogen and oxygen atoms in total. The Kier molecular flexibility index (Phi) is 4.27. The number of halogens is 4. The number of hydrogen-bond acceptors (Lipinski definition) is 4. The number of anilines is 1. The number of nitrogens with one attached hydrogen (secondary N) is 1. The number of alkyl halides is 1. The van der Waals surface area contributed by atoms with Gasteiger partial charge in [0.2, 0.25) is 11.9 Å². The maximum atomic E-state index is 14.5. The lowest BCUT2D eigenvalue weighted by atomic mass is 9.85. The third-order valence-electron chi connectivity index (χ3n) is 4.77. The number of nitrogens with zero attached hydrogens (tertiary/aromatic N) is 3. The van der Waals surface area contributed by atoms with Gasteiger partial charge in [-0.1, -0.05) is 23.2 Å². The zero-order valence-corrected chi connectivity index (χ0v) is 15.2. The summed E-state index contributed by atoms with van der Waals surface area (Å²) >= 11 is 11.5. The second kappa shape index (κ2) is 6.38. The molecule has 1 spiro atoms. The average molecular weight is 413 g/mol. The normalized spacial score (nSPS) is 23.3. The number of carbonyl (C=O) groups excluding carboxylic acids is 2. The molecule has 0 saturated heterocycles. The summed E-state index contributed by atoms with van der Waals surface area (Å²) in [7, 11) is 0. The number of aromatic nitrogens is 2. The first-order chi connectivity index (χ1) is 12.8. The van der Waals surface area contributed by atoms with E-state index < -0.39 is 29.2 Å². The number of fused-ring (bicyclic) bond motifs is 2. The molecule has 2 aliphatic rings.